The van der Waals surface area contributed by atoms with E-state index in [1.807, 2.05) is 0 Å². The second-order valence-electron chi connectivity index (χ2n) is 4.75. The predicted molar refractivity (Wildman–Crippen MR) is 74.8 cm³/mol. The van der Waals surface area contributed by atoms with Crippen molar-refractivity contribution in [3.05, 3.63) is 41.5 Å². The number of benzene rings is 1. The Bertz CT molecular complexity index is 494. The molecule has 1 saturated heterocycles. The number of carbonyl (C=O) groups is 1. The topological polar surface area (TPSA) is 49.3 Å². The lowest BCUT2D eigenvalue weighted by Crippen LogP contribution is -2.32. The first-order valence-electron chi connectivity index (χ1n) is 6.10. The molecule has 2 rings (SSSR count). The molecule has 110 valence electrons. The van der Waals surface area contributed by atoms with Gasteiger partial charge in [-0.25, -0.2) is 8.78 Å². The van der Waals surface area contributed by atoms with Crippen LogP contribution in [0.4, 0.5) is 8.78 Å². The van der Waals surface area contributed by atoms with Crippen LogP contribution in [0.3, 0.4) is 0 Å². The zero-order valence-electron chi connectivity index (χ0n) is 10.7. The molecule has 1 aliphatic rings. The van der Waals surface area contributed by atoms with Crippen LogP contribution in [0.15, 0.2) is 24.3 Å². The van der Waals surface area contributed by atoms with E-state index in [1.165, 1.54) is 30.4 Å². The highest BCUT2D eigenvalue weighted by atomic mass is 35.5. The van der Waals surface area contributed by atoms with Crippen LogP contribution in [-0.2, 0) is 4.79 Å². The molecule has 0 spiro atoms. The van der Waals surface area contributed by atoms with Crippen molar-refractivity contribution >= 4 is 24.5 Å². The van der Waals surface area contributed by atoms with Gasteiger partial charge in [-0.3, -0.25) is 4.79 Å². The number of hydrogen-bond acceptors (Lipinski definition) is 2. The summed E-state index contributed by atoms with van der Waals surface area (Å²) in [6.45, 7) is 1.03. The summed E-state index contributed by atoms with van der Waals surface area (Å²) in [4.78, 5) is 11.3. The van der Waals surface area contributed by atoms with Crippen molar-refractivity contribution in [2.24, 2.45) is 5.41 Å². The summed E-state index contributed by atoms with van der Waals surface area (Å²) in [5.74, 6) is -2.17. The summed E-state index contributed by atoms with van der Waals surface area (Å²) in [5.41, 5.74) is -0.993. The Hall–Kier alpha value is -1.46. The first-order valence-corrected chi connectivity index (χ1v) is 6.10. The molecule has 1 aliphatic heterocycles. The molecule has 0 aromatic heterocycles. The molecule has 0 radical (unpaired) electrons. The monoisotopic (exact) mass is 303 g/mol. The van der Waals surface area contributed by atoms with Gasteiger partial charge in [0.2, 0.25) is 0 Å². The van der Waals surface area contributed by atoms with Crippen molar-refractivity contribution in [1.29, 1.82) is 0 Å². The second-order valence-corrected chi connectivity index (χ2v) is 4.75. The fourth-order valence-electron chi connectivity index (χ4n) is 2.26. The maximum Gasteiger partial charge on any atom is 0.311 e. The first-order chi connectivity index (χ1) is 9.05. The van der Waals surface area contributed by atoms with E-state index in [2.05, 4.69) is 5.32 Å². The Kier molecular flexibility index (Phi) is 5.65. The van der Waals surface area contributed by atoms with Gasteiger partial charge in [-0.2, -0.15) is 0 Å². The Labute approximate surface area is 122 Å². The SMILES string of the molecule is Cl.O=C(O)C1(C/C=C/c2c(F)cccc2F)CCNC1. The number of halogens is 3. The zero-order chi connectivity index (χ0) is 13.9. The van der Waals surface area contributed by atoms with Crippen LogP contribution in [0.5, 0.6) is 0 Å². The molecule has 2 N–H and O–H groups in total. The molecule has 3 nitrogen and oxygen atoms in total. The number of carboxylic acid groups (broad SMARTS) is 1. The standard InChI is InChI=1S/C14H15F2NO2.ClH/c15-11-4-1-5-12(16)10(11)3-2-6-14(13(18)19)7-8-17-9-14;/h1-5,17H,6-9H2,(H,18,19);1H/b3-2+;. The molecule has 1 fully saturated rings. The number of allylic oxidation sites excluding steroid dienone is 1. The van der Waals surface area contributed by atoms with Crippen molar-refractivity contribution < 1.29 is 18.7 Å². The first kappa shape index (κ1) is 16.6. The van der Waals surface area contributed by atoms with Crippen LogP contribution in [-0.4, -0.2) is 24.2 Å². The summed E-state index contributed by atoms with van der Waals surface area (Å²) < 4.78 is 26.8. The lowest BCUT2D eigenvalue weighted by molar-refractivity contribution is -0.147. The van der Waals surface area contributed by atoms with Gasteiger partial charge in [0, 0.05) is 12.1 Å². The van der Waals surface area contributed by atoms with Crippen molar-refractivity contribution in [2.45, 2.75) is 12.8 Å². The Morgan fingerprint density at radius 1 is 1.40 bits per heavy atom. The fourth-order valence-corrected chi connectivity index (χ4v) is 2.26. The molecule has 20 heavy (non-hydrogen) atoms. The van der Waals surface area contributed by atoms with Gasteiger partial charge in [-0.05, 0) is 31.5 Å². The smallest absolute Gasteiger partial charge is 0.311 e. The highest BCUT2D eigenvalue weighted by Crippen LogP contribution is 2.31. The minimum Gasteiger partial charge on any atom is -0.481 e. The molecule has 0 aliphatic carbocycles. The molecule has 0 bridgehead atoms. The third-order valence-electron chi connectivity index (χ3n) is 3.49. The van der Waals surface area contributed by atoms with Crippen molar-refractivity contribution in [1.82, 2.24) is 5.32 Å². The minimum atomic E-state index is -0.879. The lowest BCUT2D eigenvalue weighted by atomic mass is 9.83. The van der Waals surface area contributed by atoms with Gasteiger partial charge in [-0.15, -0.1) is 12.4 Å². The average Bonchev–Trinajstić information content (AvgIpc) is 2.83. The van der Waals surface area contributed by atoms with E-state index in [4.69, 9.17) is 0 Å². The number of nitrogens with one attached hydrogen (secondary N) is 1. The van der Waals surface area contributed by atoms with Crippen molar-refractivity contribution in [3.8, 4) is 0 Å². The van der Waals surface area contributed by atoms with E-state index in [1.54, 1.807) is 0 Å². The van der Waals surface area contributed by atoms with Crippen molar-refractivity contribution in [3.63, 3.8) is 0 Å². The van der Waals surface area contributed by atoms with E-state index < -0.39 is 23.0 Å². The largest absolute Gasteiger partial charge is 0.481 e. The maximum absolute atomic E-state index is 13.4. The highest BCUT2D eigenvalue weighted by molar-refractivity contribution is 5.85. The maximum atomic E-state index is 13.4. The van der Waals surface area contributed by atoms with Crippen LogP contribution >= 0.6 is 12.4 Å². The van der Waals surface area contributed by atoms with Gasteiger partial charge in [0.1, 0.15) is 11.6 Å². The summed E-state index contributed by atoms with van der Waals surface area (Å²) >= 11 is 0. The van der Waals surface area contributed by atoms with E-state index in [9.17, 15) is 18.7 Å². The van der Waals surface area contributed by atoms with Gasteiger partial charge >= 0.3 is 5.97 Å². The molecular formula is C14H16ClF2NO2. The Balaban J connectivity index is 0.00000200. The van der Waals surface area contributed by atoms with Gasteiger partial charge in [0.15, 0.2) is 0 Å². The van der Waals surface area contributed by atoms with E-state index in [0.717, 1.165) is 0 Å². The van der Waals surface area contributed by atoms with E-state index >= 15 is 0 Å². The Morgan fingerprint density at radius 2 is 2.05 bits per heavy atom. The Morgan fingerprint density at radius 3 is 2.55 bits per heavy atom. The molecule has 6 heteroatoms. The number of carboxylic acids is 1. The van der Waals surface area contributed by atoms with Crippen LogP contribution in [0.1, 0.15) is 18.4 Å². The summed E-state index contributed by atoms with van der Waals surface area (Å²) in [6.07, 6.45) is 3.62. The summed E-state index contributed by atoms with van der Waals surface area (Å²) in [7, 11) is 0. The lowest BCUT2D eigenvalue weighted by Gasteiger charge is -2.20. The van der Waals surface area contributed by atoms with Crippen LogP contribution < -0.4 is 5.32 Å². The molecular weight excluding hydrogens is 288 g/mol. The number of rotatable bonds is 4. The minimum absolute atomic E-state index is 0. The van der Waals surface area contributed by atoms with Gasteiger partial charge in [-0.1, -0.05) is 18.2 Å². The highest BCUT2D eigenvalue weighted by Gasteiger charge is 2.40. The number of hydrogen-bond donors (Lipinski definition) is 2. The second kappa shape index (κ2) is 6.81. The molecule has 1 unspecified atom stereocenters. The zero-order valence-corrected chi connectivity index (χ0v) is 11.6. The molecule has 0 amide bonds. The predicted octanol–water partition coefficient (Wildman–Crippen LogP) is 2.85. The van der Waals surface area contributed by atoms with Crippen LogP contribution in [0.2, 0.25) is 0 Å². The van der Waals surface area contributed by atoms with Gasteiger partial charge in [0.25, 0.3) is 0 Å². The molecule has 1 heterocycles. The van der Waals surface area contributed by atoms with Crippen LogP contribution in [0, 0.1) is 17.0 Å². The third-order valence-corrected chi connectivity index (χ3v) is 3.49. The molecule has 0 saturated carbocycles. The van der Waals surface area contributed by atoms with Gasteiger partial charge < -0.3 is 10.4 Å². The quantitative estimate of drug-likeness (QED) is 0.899. The van der Waals surface area contributed by atoms with Crippen LogP contribution in [0.25, 0.3) is 6.08 Å². The molecule has 1 aromatic rings. The fraction of sp³-hybridized carbons (Fsp3) is 0.357. The third kappa shape index (κ3) is 3.35. The van der Waals surface area contributed by atoms with E-state index in [0.29, 0.717) is 19.5 Å². The normalized spacial score (nSPS) is 21.9. The van der Waals surface area contributed by atoms with E-state index in [-0.39, 0.29) is 24.4 Å². The van der Waals surface area contributed by atoms with Crippen molar-refractivity contribution in [2.75, 3.05) is 13.1 Å². The number of aliphatic carboxylic acids is 1. The molecule has 1 atom stereocenters. The molecule has 1 aromatic carbocycles. The summed E-state index contributed by atoms with van der Waals surface area (Å²) in [6, 6.07) is 3.64. The average molecular weight is 304 g/mol. The summed E-state index contributed by atoms with van der Waals surface area (Å²) in [5, 5.41) is 12.3. The van der Waals surface area contributed by atoms with Gasteiger partial charge in [0.05, 0.1) is 5.41 Å².